The van der Waals surface area contributed by atoms with Crippen LogP contribution in [0.5, 0.6) is 0 Å². The fraction of sp³-hybridized carbons (Fsp3) is 0.200. The fourth-order valence-electron chi connectivity index (χ4n) is 1.91. The minimum atomic E-state index is 0.199. The van der Waals surface area contributed by atoms with Gasteiger partial charge in [0.15, 0.2) is 0 Å². The predicted molar refractivity (Wildman–Crippen MR) is 68.3 cm³/mol. The maximum atomic E-state index is 6.14. The molecule has 2 aromatic carbocycles. The molecule has 0 aliphatic carbocycles. The lowest BCUT2D eigenvalue weighted by Gasteiger charge is -2.11. The largest absolute Gasteiger partial charge is 0.327 e. The van der Waals surface area contributed by atoms with Crippen molar-refractivity contribution in [2.24, 2.45) is 5.73 Å². The zero-order valence-corrected chi connectivity index (χ0v) is 9.34. The lowest BCUT2D eigenvalue weighted by Crippen LogP contribution is -2.25. The van der Waals surface area contributed by atoms with Gasteiger partial charge in [0, 0.05) is 6.04 Å². The third-order valence-electron chi connectivity index (χ3n) is 2.68. The Balaban J connectivity index is 1.92. The summed E-state index contributed by atoms with van der Waals surface area (Å²) < 4.78 is 0. The highest BCUT2D eigenvalue weighted by atomic mass is 14.6. The molecule has 16 heavy (non-hydrogen) atoms. The zero-order chi connectivity index (χ0) is 11.2. The fourth-order valence-corrected chi connectivity index (χ4v) is 1.91. The molecular formula is C15H17N. The van der Waals surface area contributed by atoms with Crippen LogP contribution in [0.1, 0.15) is 11.1 Å². The molecule has 0 aromatic heterocycles. The number of rotatable bonds is 4. The molecule has 0 bridgehead atoms. The number of hydrogen-bond acceptors (Lipinski definition) is 1. The molecule has 2 N–H and O–H groups in total. The molecule has 2 aromatic rings. The molecule has 0 spiro atoms. The van der Waals surface area contributed by atoms with Gasteiger partial charge in [0.2, 0.25) is 0 Å². The van der Waals surface area contributed by atoms with E-state index in [1.54, 1.807) is 0 Å². The summed E-state index contributed by atoms with van der Waals surface area (Å²) in [6.07, 6.45) is 1.88. The van der Waals surface area contributed by atoms with Crippen LogP contribution in [-0.4, -0.2) is 6.04 Å². The molecule has 0 aliphatic heterocycles. The number of nitrogens with two attached hydrogens (primary N) is 1. The zero-order valence-electron chi connectivity index (χ0n) is 9.34. The minimum absolute atomic E-state index is 0.199. The lowest BCUT2D eigenvalue weighted by molar-refractivity contribution is 0.665. The Hall–Kier alpha value is -1.60. The third kappa shape index (κ3) is 3.21. The van der Waals surface area contributed by atoms with Crippen molar-refractivity contribution in [1.82, 2.24) is 0 Å². The van der Waals surface area contributed by atoms with E-state index >= 15 is 0 Å². The van der Waals surface area contributed by atoms with E-state index in [1.807, 2.05) is 12.1 Å². The van der Waals surface area contributed by atoms with Crippen molar-refractivity contribution in [3.63, 3.8) is 0 Å². The van der Waals surface area contributed by atoms with Crippen molar-refractivity contribution in [2.75, 3.05) is 0 Å². The van der Waals surface area contributed by atoms with E-state index in [2.05, 4.69) is 48.5 Å². The summed E-state index contributed by atoms with van der Waals surface area (Å²) in [6.45, 7) is 0. The minimum Gasteiger partial charge on any atom is -0.327 e. The smallest absolute Gasteiger partial charge is 0.0120 e. The first-order valence-corrected chi connectivity index (χ1v) is 5.68. The molecule has 0 atom stereocenters. The monoisotopic (exact) mass is 211 g/mol. The maximum Gasteiger partial charge on any atom is 0.0120 e. The van der Waals surface area contributed by atoms with E-state index in [-0.39, 0.29) is 6.04 Å². The van der Waals surface area contributed by atoms with Crippen LogP contribution in [0, 0.1) is 0 Å². The van der Waals surface area contributed by atoms with E-state index in [0.29, 0.717) is 0 Å². The Morgan fingerprint density at radius 2 is 1.06 bits per heavy atom. The predicted octanol–water partition coefficient (Wildman–Crippen LogP) is 2.80. The highest BCUT2D eigenvalue weighted by molar-refractivity contribution is 5.19. The van der Waals surface area contributed by atoms with Gasteiger partial charge in [-0.05, 0) is 24.0 Å². The summed E-state index contributed by atoms with van der Waals surface area (Å²) in [5.41, 5.74) is 8.76. The van der Waals surface area contributed by atoms with E-state index < -0.39 is 0 Å². The second kappa shape index (κ2) is 5.47. The normalized spacial score (nSPS) is 10.6. The molecule has 1 heteroatoms. The first kappa shape index (κ1) is 10.9. The molecular weight excluding hydrogens is 194 g/mol. The van der Waals surface area contributed by atoms with Gasteiger partial charge in [0.25, 0.3) is 0 Å². The second-order valence-electron chi connectivity index (χ2n) is 4.14. The first-order chi connectivity index (χ1) is 7.84. The molecule has 0 aliphatic rings. The van der Waals surface area contributed by atoms with Crippen molar-refractivity contribution >= 4 is 0 Å². The molecule has 0 unspecified atom stereocenters. The van der Waals surface area contributed by atoms with Gasteiger partial charge in [-0.2, -0.15) is 0 Å². The summed E-state index contributed by atoms with van der Waals surface area (Å²) in [5.74, 6) is 0. The third-order valence-corrected chi connectivity index (χ3v) is 2.68. The van der Waals surface area contributed by atoms with Gasteiger partial charge in [-0.1, -0.05) is 60.7 Å². The summed E-state index contributed by atoms with van der Waals surface area (Å²) in [6, 6.07) is 21.0. The molecule has 0 saturated carbocycles. The van der Waals surface area contributed by atoms with Crippen molar-refractivity contribution in [2.45, 2.75) is 18.9 Å². The van der Waals surface area contributed by atoms with Crippen molar-refractivity contribution in [1.29, 1.82) is 0 Å². The molecule has 0 radical (unpaired) electrons. The Labute approximate surface area is 96.9 Å². The van der Waals surface area contributed by atoms with Gasteiger partial charge in [0.05, 0.1) is 0 Å². The van der Waals surface area contributed by atoms with Crippen LogP contribution < -0.4 is 5.73 Å². The average Bonchev–Trinajstić information content (AvgIpc) is 2.31. The lowest BCUT2D eigenvalue weighted by atomic mass is 10.00. The second-order valence-corrected chi connectivity index (χ2v) is 4.14. The van der Waals surface area contributed by atoms with Gasteiger partial charge >= 0.3 is 0 Å². The van der Waals surface area contributed by atoms with Crippen LogP contribution in [0.15, 0.2) is 60.7 Å². The molecule has 1 nitrogen and oxygen atoms in total. The summed E-state index contributed by atoms with van der Waals surface area (Å²) in [4.78, 5) is 0. The van der Waals surface area contributed by atoms with E-state index in [1.165, 1.54) is 11.1 Å². The molecule has 0 amide bonds. The standard InChI is InChI=1S/C15H17N/c16-15(11-13-7-3-1-4-8-13)12-14-9-5-2-6-10-14/h1-10,15H,11-12,16H2. The Morgan fingerprint density at radius 3 is 1.44 bits per heavy atom. The number of hydrogen-bond donors (Lipinski definition) is 1. The van der Waals surface area contributed by atoms with Gasteiger partial charge in [-0.3, -0.25) is 0 Å². The first-order valence-electron chi connectivity index (χ1n) is 5.68. The highest BCUT2D eigenvalue weighted by Gasteiger charge is 2.04. The maximum absolute atomic E-state index is 6.14. The van der Waals surface area contributed by atoms with Gasteiger partial charge < -0.3 is 5.73 Å². The van der Waals surface area contributed by atoms with E-state index in [0.717, 1.165) is 12.8 Å². The van der Waals surface area contributed by atoms with Crippen LogP contribution in [0.4, 0.5) is 0 Å². The average molecular weight is 211 g/mol. The van der Waals surface area contributed by atoms with Crippen LogP contribution in [0.25, 0.3) is 0 Å². The SMILES string of the molecule is NC(Cc1ccccc1)Cc1ccccc1. The van der Waals surface area contributed by atoms with Crippen molar-refractivity contribution < 1.29 is 0 Å². The Morgan fingerprint density at radius 1 is 0.688 bits per heavy atom. The highest BCUT2D eigenvalue weighted by Crippen LogP contribution is 2.07. The van der Waals surface area contributed by atoms with E-state index in [9.17, 15) is 0 Å². The summed E-state index contributed by atoms with van der Waals surface area (Å²) >= 11 is 0. The summed E-state index contributed by atoms with van der Waals surface area (Å²) in [7, 11) is 0. The quantitative estimate of drug-likeness (QED) is 0.826. The van der Waals surface area contributed by atoms with Crippen molar-refractivity contribution in [3.05, 3.63) is 71.8 Å². The van der Waals surface area contributed by atoms with Crippen LogP contribution in [-0.2, 0) is 12.8 Å². The topological polar surface area (TPSA) is 26.0 Å². The van der Waals surface area contributed by atoms with E-state index in [4.69, 9.17) is 5.73 Å². The van der Waals surface area contributed by atoms with Gasteiger partial charge in [-0.15, -0.1) is 0 Å². The van der Waals surface area contributed by atoms with Crippen LogP contribution >= 0.6 is 0 Å². The van der Waals surface area contributed by atoms with Crippen LogP contribution in [0.3, 0.4) is 0 Å². The Bertz CT molecular complexity index is 366. The van der Waals surface area contributed by atoms with Gasteiger partial charge in [-0.25, -0.2) is 0 Å². The number of benzene rings is 2. The Kier molecular flexibility index (Phi) is 3.73. The molecule has 2 rings (SSSR count). The van der Waals surface area contributed by atoms with Gasteiger partial charge in [0.1, 0.15) is 0 Å². The molecule has 0 heterocycles. The van der Waals surface area contributed by atoms with Crippen LogP contribution in [0.2, 0.25) is 0 Å². The van der Waals surface area contributed by atoms with Crippen molar-refractivity contribution in [3.8, 4) is 0 Å². The molecule has 82 valence electrons. The molecule has 0 fully saturated rings. The summed E-state index contributed by atoms with van der Waals surface area (Å²) in [5, 5.41) is 0. The molecule has 0 saturated heterocycles.